The third-order valence-electron chi connectivity index (χ3n) is 7.05. The normalized spacial score (nSPS) is 16.3. The smallest absolute Gasteiger partial charge is 0.251 e. The molecule has 0 unspecified atom stereocenters. The highest BCUT2D eigenvalue weighted by molar-refractivity contribution is 6.39. The first-order chi connectivity index (χ1) is 17.3. The van der Waals surface area contributed by atoms with Crippen LogP contribution in [0.15, 0.2) is 35.1 Å². The van der Waals surface area contributed by atoms with Gasteiger partial charge in [-0.15, -0.1) is 0 Å². The molecule has 6 nitrogen and oxygen atoms in total. The van der Waals surface area contributed by atoms with Crippen LogP contribution in [0.4, 0.5) is 5.69 Å². The van der Waals surface area contributed by atoms with Crippen LogP contribution >= 0.6 is 23.2 Å². The Bertz CT molecular complexity index is 1270. The summed E-state index contributed by atoms with van der Waals surface area (Å²) in [6.07, 6.45) is 13.0. The second kappa shape index (κ2) is 12.0. The van der Waals surface area contributed by atoms with Gasteiger partial charge in [0.25, 0.3) is 5.91 Å². The van der Waals surface area contributed by atoms with Gasteiger partial charge < -0.3 is 21.1 Å². The Balaban J connectivity index is 1.57. The molecule has 1 fully saturated rings. The third-order valence-corrected chi connectivity index (χ3v) is 7.67. The average Bonchev–Trinajstić information content (AvgIpc) is 2.85. The predicted molar refractivity (Wildman–Crippen MR) is 148 cm³/mol. The number of pyridine rings is 1. The number of hydrogen-bond acceptors (Lipinski definition) is 4. The molecule has 1 aliphatic carbocycles. The number of rotatable bonds is 3. The molecule has 192 valence electrons. The van der Waals surface area contributed by atoms with Gasteiger partial charge in [-0.3, -0.25) is 9.59 Å². The first kappa shape index (κ1) is 26.4. The van der Waals surface area contributed by atoms with Crippen molar-refractivity contribution in [3.8, 4) is 17.0 Å². The summed E-state index contributed by atoms with van der Waals surface area (Å²) in [4.78, 5) is 29.2. The molecule has 1 aliphatic rings. The van der Waals surface area contributed by atoms with E-state index in [1.54, 1.807) is 12.1 Å². The number of amides is 1. The molecule has 0 spiro atoms. The highest BCUT2D eigenvalue weighted by atomic mass is 35.5. The highest BCUT2D eigenvalue weighted by Crippen LogP contribution is 2.35. The molecule has 1 saturated carbocycles. The fourth-order valence-electron chi connectivity index (χ4n) is 4.93. The Morgan fingerprint density at radius 2 is 1.47 bits per heavy atom. The number of nitrogens with two attached hydrogens (primary N) is 1. The molecule has 0 aliphatic heterocycles. The zero-order valence-electron chi connectivity index (χ0n) is 20.3. The molecular weight excluding hydrogens is 497 g/mol. The minimum absolute atomic E-state index is 0.127. The second-order valence-electron chi connectivity index (χ2n) is 9.72. The maximum atomic E-state index is 13.1. The lowest BCUT2D eigenvalue weighted by Gasteiger charge is -2.20. The Morgan fingerprint density at radius 3 is 2.06 bits per heavy atom. The van der Waals surface area contributed by atoms with Crippen molar-refractivity contribution in [2.24, 2.45) is 0 Å². The van der Waals surface area contributed by atoms with Gasteiger partial charge in [-0.25, -0.2) is 0 Å². The van der Waals surface area contributed by atoms with Gasteiger partial charge in [0.1, 0.15) is 0 Å². The van der Waals surface area contributed by atoms with E-state index in [-0.39, 0.29) is 38.8 Å². The zero-order valence-corrected chi connectivity index (χ0v) is 21.9. The SMILES string of the molecule is Nc1c(Cl)cc(-c2[nH]c3ccc(C(=O)NC4CCCCCCCCCCC4)cc3c(=O)c2O)cc1Cl. The molecule has 36 heavy (non-hydrogen) atoms. The van der Waals surface area contributed by atoms with E-state index in [1.165, 1.54) is 63.1 Å². The standard InChI is InChI=1S/C28H33Cl2N3O3/c29-21-15-18(16-22(30)24(21)31)25-27(35)26(34)20-14-17(12-13-23(20)33-25)28(36)32-19-10-8-6-4-2-1-3-5-7-9-11-19/h12-16,19,35H,1-11,31H2,(H,32,36)(H,33,34). The number of fused-ring (bicyclic) bond motifs is 1. The first-order valence-corrected chi connectivity index (χ1v) is 13.6. The van der Waals surface area contributed by atoms with Gasteiger partial charge in [-0.1, -0.05) is 81.0 Å². The molecule has 5 N–H and O–H groups in total. The maximum Gasteiger partial charge on any atom is 0.251 e. The molecule has 3 aromatic rings. The number of anilines is 1. The molecule has 1 heterocycles. The number of hydrogen-bond donors (Lipinski definition) is 4. The molecular formula is C28H33Cl2N3O3. The molecule has 0 radical (unpaired) electrons. The number of H-pyrrole nitrogens is 1. The zero-order chi connectivity index (χ0) is 25.7. The van der Waals surface area contributed by atoms with E-state index in [0.717, 1.165) is 25.7 Å². The van der Waals surface area contributed by atoms with E-state index in [2.05, 4.69) is 10.3 Å². The minimum Gasteiger partial charge on any atom is -0.503 e. The largest absolute Gasteiger partial charge is 0.503 e. The number of carbonyl (C=O) groups excluding carboxylic acids is 1. The number of aromatic hydroxyl groups is 1. The van der Waals surface area contributed by atoms with E-state index in [4.69, 9.17) is 28.9 Å². The summed E-state index contributed by atoms with van der Waals surface area (Å²) >= 11 is 12.3. The lowest BCUT2D eigenvalue weighted by atomic mass is 9.97. The quantitative estimate of drug-likeness (QED) is 0.269. The monoisotopic (exact) mass is 529 g/mol. The second-order valence-corrected chi connectivity index (χ2v) is 10.5. The molecule has 0 saturated heterocycles. The maximum absolute atomic E-state index is 13.1. The number of aromatic nitrogens is 1. The van der Waals surface area contributed by atoms with E-state index in [9.17, 15) is 14.7 Å². The van der Waals surface area contributed by atoms with Crippen LogP contribution in [0, 0.1) is 0 Å². The topological polar surface area (TPSA) is 108 Å². The van der Waals surface area contributed by atoms with Crippen molar-refractivity contribution in [3.05, 3.63) is 56.2 Å². The van der Waals surface area contributed by atoms with E-state index in [0.29, 0.717) is 16.6 Å². The Morgan fingerprint density at radius 1 is 0.917 bits per heavy atom. The lowest BCUT2D eigenvalue weighted by molar-refractivity contribution is 0.0931. The fourth-order valence-corrected chi connectivity index (χ4v) is 5.42. The fraction of sp³-hybridized carbons (Fsp3) is 0.429. The molecule has 2 aromatic carbocycles. The first-order valence-electron chi connectivity index (χ1n) is 12.8. The van der Waals surface area contributed by atoms with Crippen LogP contribution < -0.4 is 16.5 Å². The Kier molecular flexibility index (Phi) is 8.81. The van der Waals surface area contributed by atoms with Gasteiger partial charge in [0.15, 0.2) is 5.75 Å². The van der Waals surface area contributed by atoms with Crippen molar-refractivity contribution >= 4 is 45.7 Å². The van der Waals surface area contributed by atoms with Crippen LogP contribution in [-0.4, -0.2) is 22.0 Å². The van der Waals surface area contributed by atoms with Crippen LogP contribution in [-0.2, 0) is 0 Å². The van der Waals surface area contributed by atoms with E-state index < -0.39 is 11.2 Å². The minimum atomic E-state index is -0.580. The van der Waals surface area contributed by atoms with Gasteiger partial charge in [0.05, 0.1) is 32.3 Å². The highest BCUT2D eigenvalue weighted by Gasteiger charge is 2.18. The third kappa shape index (κ3) is 6.16. The van der Waals surface area contributed by atoms with Crippen molar-refractivity contribution in [1.29, 1.82) is 0 Å². The summed E-state index contributed by atoms with van der Waals surface area (Å²) in [5.74, 6) is -0.676. The van der Waals surface area contributed by atoms with Crippen LogP contribution in [0.25, 0.3) is 22.2 Å². The number of carbonyl (C=O) groups is 1. The van der Waals surface area contributed by atoms with Crippen molar-refractivity contribution in [2.75, 3.05) is 5.73 Å². The Labute approximate surface area is 221 Å². The number of nitrogen functional groups attached to an aromatic ring is 1. The van der Waals surface area contributed by atoms with Gasteiger partial charge in [-0.2, -0.15) is 0 Å². The van der Waals surface area contributed by atoms with Crippen LogP contribution in [0.5, 0.6) is 5.75 Å². The van der Waals surface area contributed by atoms with Gasteiger partial charge >= 0.3 is 0 Å². The van der Waals surface area contributed by atoms with Crippen molar-refractivity contribution in [1.82, 2.24) is 10.3 Å². The van der Waals surface area contributed by atoms with E-state index >= 15 is 0 Å². The van der Waals surface area contributed by atoms with Gasteiger partial charge in [0, 0.05) is 17.2 Å². The summed E-state index contributed by atoms with van der Waals surface area (Å²) in [7, 11) is 0. The summed E-state index contributed by atoms with van der Waals surface area (Å²) < 4.78 is 0. The average molecular weight is 530 g/mol. The predicted octanol–water partition coefficient (Wildman–Crippen LogP) is 7.19. The molecule has 0 atom stereocenters. The molecule has 0 bridgehead atoms. The molecule has 8 heteroatoms. The summed E-state index contributed by atoms with van der Waals surface area (Å²) in [6.45, 7) is 0. The number of benzene rings is 2. The van der Waals surface area contributed by atoms with Gasteiger partial charge in [0.2, 0.25) is 5.43 Å². The van der Waals surface area contributed by atoms with Crippen LogP contribution in [0.2, 0.25) is 10.0 Å². The molecule has 4 rings (SSSR count). The summed E-state index contributed by atoms with van der Waals surface area (Å²) in [5.41, 5.74) is 6.94. The van der Waals surface area contributed by atoms with Crippen molar-refractivity contribution < 1.29 is 9.90 Å². The summed E-state index contributed by atoms with van der Waals surface area (Å²) in [6, 6.07) is 8.09. The summed E-state index contributed by atoms with van der Waals surface area (Å²) in [5, 5.41) is 14.5. The number of aromatic amines is 1. The number of halogens is 2. The van der Waals surface area contributed by atoms with Crippen molar-refractivity contribution in [3.63, 3.8) is 0 Å². The molecule has 1 aromatic heterocycles. The lowest BCUT2D eigenvalue weighted by Crippen LogP contribution is -2.35. The van der Waals surface area contributed by atoms with E-state index in [1.807, 2.05) is 0 Å². The molecule has 1 amide bonds. The van der Waals surface area contributed by atoms with Gasteiger partial charge in [-0.05, 0) is 43.2 Å². The Hall–Kier alpha value is -2.70. The van der Waals surface area contributed by atoms with Crippen LogP contribution in [0.3, 0.4) is 0 Å². The van der Waals surface area contributed by atoms with Crippen LogP contribution in [0.1, 0.15) is 81.0 Å². The van der Waals surface area contributed by atoms with Crippen molar-refractivity contribution in [2.45, 2.75) is 76.7 Å². The number of nitrogens with one attached hydrogen (secondary N) is 2.